The second-order valence-corrected chi connectivity index (χ2v) is 7.42. The fourth-order valence-corrected chi connectivity index (χ4v) is 3.58. The van der Waals surface area contributed by atoms with Crippen molar-refractivity contribution in [1.82, 2.24) is 4.90 Å². The van der Waals surface area contributed by atoms with Crippen LogP contribution in [0.25, 0.3) is 0 Å². The van der Waals surface area contributed by atoms with Gasteiger partial charge in [-0.3, -0.25) is 4.90 Å². The molecule has 3 nitrogen and oxygen atoms in total. The van der Waals surface area contributed by atoms with Crippen LogP contribution in [0.4, 0.5) is 0 Å². The second-order valence-electron chi connectivity index (χ2n) is 4.89. The number of benzene rings is 1. The average Bonchev–Trinajstić information content (AvgIpc) is 2.31. The lowest BCUT2D eigenvalue weighted by Crippen LogP contribution is -2.29. The zero-order chi connectivity index (χ0) is 13.2. The number of hydrogen-bond acceptors (Lipinski definition) is 3. The first-order valence-corrected chi connectivity index (χ1v) is 8.54. The average molecular weight is 288 g/mol. The van der Waals surface area contributed by atoms with Crippen LogP contribution in [-0.4, -0.2) is 26.4 Å². The summed E-state index contributed by atoms with van der Waals surface area (Å²) in [5.41, 5.74) is 1.72. The Labute approximate surface area is 113 Å². The second kappa shape index (κ2) is 5.59. The van der Waals surface area contributed by atoms with Crippen LogP contribution in [0.3, 0.4) is 0 Å². The van der Waals surface area contributed by atoms with Gasteiger partial charge < -0.3 is 0 Å². The van der Waals surface area contributed by atoms with Crippen molar-refractivity contribution in [3.8, 4) is 0 Å². The van der Waals surface area contributed by atoms with E-state index in [0.29, 0.717) is 6.54 Å². The lowest BCUT2D eigenvalue weighted by atomic mass is 10.1. The molecule has 1 heterocycles. The summed E-state index contributed by atoms with van der Waals surface area (Å²) >= 11 is 0. The number of likely N-dealkylation sites (tertiary alicyclic amines) is 1. The summed E-state index contributed by atoms with van der Waals surface area (Å²) in [5.74, 6) is 0. The summed E-state index contributed by atoms with van der Waals surface area (Å²) < 4.78 is 23.2. The zero-order valence-corrected chi connectivity index (χ0v) is 12.1. The Morgan fingerprint density at radius 1 is 1.22 bits per heavy atom. The maximum atomic E-state index is 11.6. The van der Waals surface area contributed by atoms with E-state index >= 15 is 0 Å². The van der Waals surface area contributed by atoms with Gasteiger partial charge >= 0.3 is 0 Å². The van der Waals surface area contributed by atoms with Gasteiger partial charge in [0.05, 0.1) is 4.90 Å². The molecule has 1 fully saturated rings. The molecule has 1 aromatic rings. The molecule has 0 atom stereocenters. The summed E-state index contributed by atoms with van der Waals surface area (Å²) in [5, 5.41) is 0. The monoisotopic (exact) mass is 287 g/mol. The van der Waals surface area contributed by atoms with E-state index in [0.717, 1.165) is 24.2 Å². The normalized spacial score (nSPS) is 17.9. The van der Waals surface area contributed by atoms with Gasteiger partial charge in [0, 0.05) is 17.2 Å². The van der Waals surface area contributed by atoms with Gasteiger partial charge in [0.2, 0.25) is 0 Å². The van der Waals surface area contributed by atoms with E-state index < -0.39 is 9.05 Å². The van der Waals surface area contributed by atoms with Crippen molar-refractivity contribution in [2.24, 2.45) is 0 Å². The van der Waals surface area contributed by atoms with Crippen molar-refractivity contribution in [3.05, 3.63) is 29.3 Å². The Balaban J connectivity index is 2.26. The van der Waals surface area contributed by atoms with Crippen LogP contribution in [-0.2, 0) is 15.6 Å². The molecule has 0 aromatic heterocycles. The highest BCUT2D eigenvalue weighted by molar-refractivity contribution is 8.13. The van der Waals surface area contributed by atoms with Gasteiger partial charge in [-0.1, -0.05) is 18.6 Å². The molecule has 1 aromatic carbocycles. The zero-order valence-electron chi connectivity index (χ0n) is 10.5. The molecule has 0 amide bonds. The minimum absolute atomic E-state index is 0.259. The third-order valence-electron chi connectivity index (χ3n) is 3.33. The van der Waals surface area contributed by atoms with Crippen LogP contribution in [0.2, 0.25) is 0 Å². The van der Waals surface area contributed by atoms with E-state index in [4.69, 9.17) is 10.7 Å². The topological polar surface area (TPSA) is 37.4 Å². The molecule has 100 valence electrons. The van der Waals surface area contributed by atoms with Gasteiger partial charge in [-0.25, -0.2) is 8.42 Å². The first kappa shape index (κ1) is 13.8. The molecule has 0 bridgehead atoms. The summed E-state index contributed by atoms with van der Waals surface area (Å²) in [6, 6.07) is 5.46. The molecular formula is C13H18ClNO2S. The Bertz CT molecular complexity index is 522. The van der Waals surface area contributed by atoms with Gasteiger partial charge in [-0.05, 0) is 50.0 Å². The van der Waals surface area contributed by atoms with E-state index in [1.807, 2.05) is 19.1 Å². The van der Waals surface area contributed by atoms with Crippen LogP contribution in [0.15, 0.2) is 23.1 Å². The predicted octanol–water partition coefficient (Wildman–Crippen LogP) is 2.91. The third-order valence-corrected chi connectivity index (χ3v) is 4.73. The van der Waals surface area contributed by atoms with Gasteiger partial charge in [0.1, 0.15) is 0 Å². The number of hydrogen-bond donors (Lipinski definition) is 0. The lowest BCUT2D eigenvalue weighted by Gasteiger charge is -2.27. The van der Waals surface area contributed by atoms with Crippen molar-refractivity contribution in [3.63, 3.8) is 0 Å². The molecule has 0 radical (unpaired) electrons. The van der Waals surface area contributed by atoms with Gasteiger partial charge in [0.25, 0.3) is 9.05 Å². The quantitative estimate of drug-likeness (QED) is 0.802. The number of aryl methyl sites for hydroxylation is 1. The van der Waals surface area contributed by atoms with Gasteiger partial charge in [-0.15, -0.1) is 0 Å². The lowest BCUT2D eigenvalue weighted by molar-refractivity contribution is 0.219. The SMILES string of the molecule is Cc1ccc(CN2CCCCC2)c(S(=O)(=O)Cl)c1. The van der Waals surface area contributed by atoms with Crippen LogP contribution in [0.5, 0.6) is 0 Å². The van der Waals surface area contributed by atoms with Crippen molar-refractivity contribution in [2.75, 3.05) is 13.1 Å². The first-order valence-electron chi connectivity index (χ1n) is 6.23. The summed E-state index contributed by atoms with van der Waals surface area (Å²) in [7, 11) is 1.85. The largest absolute Gasteiger partial charge is 0.299 e. The maximum Gasteiger partial charge on any atom is 0.261 e. The Morgan fingerprint density at radius 3 is 2.50 bits per heavy atom. The van der Waals surface area contributed by atoms with Crippen molar-refractivity contribution >= 4 is 19.7 Å². The smallest absolute Gasteiger partial charge is 0.261 e. The highest BCUT2D eigenvalue weighted by atomic mass is 35.7. The minimum atomic E-state index is -3.66. The van der Waals surface area contributed by atoms with Crippen LogP contribution in [0, 0.1) is 6.92 Å². The highest BCUT2D eigenvalue weighted by Gasteiger charge is 2.18. The van der Waals surface area contributed by atoms with Gasteiger partial charge in [-0.2, -0.15) is 0 Å². The molecule has 2 rings (SSSR count). The minimum Gasteiger partial charge on any atom is -0.299 e. The van der Waals surface area contributed by atoms with Crippen LogP contribution < -0.4 is 0 Å². The van der Waals surface area contributed by atoms with E-state index in [1.54, 1.807) is 6.07 Å². The van der Waals surface area contributed by atoms with E-state index in [1.165, 1.54) is 19.3 Å². The predicted molar refractivity (Wildman–Crippen MR) is 73.3 cm³/mol. The van der Waals surface area contributed by atoms with Crippen molar-refractivity contribution < 1.29 is 8.42 Å². The number of piperidine rings is 1. The van der Waals surface area contributed by atoms with Crippen molar-refractivity contribution in [2.45, 2.75) is 37.6 Å². The summed E-state index contributed by atoms with van der Waals surface area (Å²) in [6.45, 7) is 4.61. The first-order chi connectivity index (χ1) is 8.47. The molecule has 0 saturated carbocycles. The molecule has 0 spiro atoms. The molecule has 0 aliphatic carbocycles. The summed E-state index contributed by atoms with van der Waals surface area (Å²) in [6.07, 6.45) is 3.65. The Morgan fingerprint density at radius 2 is 1.89 bits per heavy atom. The third kappa shape index (κ3) is 3.46. The Hall–Kier alpha value is -0.580. The molecule has 0 unspecified atom stereocenters. The van der Waals surface area contributed by atoms with Crippen LogP contribution >= 0.6 is 10.7 Å². The summed E-state index contributed by atoms with van der Waals surface area (Å²) in [4.78, 5) is 2.55. The van der Waals surface area contributed by atoms with Crippen LogP contribution in [0.1, 0.15) is 30.4 Å². The molecule has 18 heavy (non-hydrogen) atoms. The van der Waals surface area contributed by atoms with Gasteiger partial charge in [0.15, 0.2) is 0 Å². The van der Waals surface area contributed by atoms with E-state index in [2.05, 4.69) is 4.90 Å². The highest BCUT2D eigenvalue weighted by Crippen LogP contribution is 2.24. The Kier molecular flexibility index (Phi) is 4.30. The number of rotatable bonds is 3. The van der Waals surface area contributed by atoms with Crippen molar-refractivity contribution in [1.29, 1.82) is 0 Å². The molecule has 1 aliphatic rings. The number of halogens is 1. The maximum absolute atomic E-state index is 11.6. The van der Waals surface area contributed by atoms with E-state index in [-0.39, 0.29) is 4.90 Å². The molecule has 1 saturated heterocycles. The fraction of sp³-hybridized carbons (Fsp3) is 0.538. The standard InChI is InChI=1S/C13H18ClNO2S/c1-11-5-6-12(13(9-11)18(14,16)17)10-15-7-3-2-4-8-15/h5-6,9H,2-4,7-8,10H2,1H3. The molecule has 5 heteroatoms. The molecule has 0 N–H and O–H groups in total. The number of nitrogens with zero attached hydrogens (tertiary/aromatic N) is 1. The molecular weight excluding hydrogens is 270 g/mol. The fourth-order valence-electron chi connectivity index (χ4n) is 2.38. The molecule has 1 aliphatic heterocycles. The van der Waals surface area contributed by atoms with E-state index in [9.17, 15) is 8.42 Å².